The molecule has 98 valence electrons. The number of hydrogen-bond donors (Lipinski definition) is 2. The number of ether oxygens (including phenoxy) is 1. The Morgan fingerprint density at radius 2 is 2.12 bits per heavy atom. The second-order valence-corrected chi connectivity index (χ2v) is 3.92. The molecule has 0 spiro atoms. The number of aliphatic carboxylic acids is 1. The molecule has 0 rings (SSSR count). The number of carboxylic acid groups (broad SMARTS) is 1. The van der Waals surface area contributed by atoms with Gasteiger partial charge in [0, 0.05) is 18.5 Å². The molecule has 0 aromatic rings. The molecule has 0 aliphatic carbocycles. The Labute approximate surface area is 102 Å². The predicted octanol–water partition coefficient (Wildman–Crippen LogP) is 2.32. The molecule has 2 N–H and O–H groups in total. The van der Waals surface area contributed by atoms with Gasteiger partial charge in [-0.05, 0) is 20.3 Å². The third-order valence-corrected chi connectivity index (χ3v) is 2.20. The molecule has 0 saturated carbocycles. The smallest absolute Gasteiger partial charge is 0.407 e. The van der Waals surface area contributed by atoms with Gasteiger partial charge in [0.25, 0.3) is 0 Å². The van der Waals surface area contributed by atoms with E-state index in [4.69, 9.17) is 9.84 Å². The largest absolute Gasteiger partial charge is 0.478 e. The van der Waals surface area contributed by atoms with Crippen molar-refractivity contribution in [2.24, 2.45) is 0 Å². The van der Waals surface area contributed by atoms with E-state index in [-0.39, 0.29) is 11.7 Å². The normalized spacial score (nSPS) is 13.0. The van der Waals surface area contributed by atoms with Crippen molar-refractivity contribution >= 4 is 12.1 Å². The third-order valence-electron chi connectivity index (χ3n) is 2.20. The monoisotopic (exact) mass is 243 g/mol. The molecule has 0 heterocycles. The van der Waals surface area contributed by atoms with Crippen LogP contribution in [0.5, 0.6) is 0 Å². The number of alkyl carbamates (subject to hydrolysis) is 1. The topological polar surface area (TPSA) is 75.6 Å². The number of carboxylic acids is 1. The summed E-state index contributed by atoms with van der Waals surface area (Å²) >= 11 is 0. The molecule has 0 bridgehead atoms. The van der Waals surface area contributed by atoms with Gasteiger partial charge in [-0.15, -0.1) is 0 Å². The van der Waals surface area contributed by atoms with Crippen LogP contribution in [0.25, 0.3) is 0 Å². The minimum atomic E-state index is -0.954. The zero-order valence-corrected chi connectivity index (χ0v) is 10.7. The zero-order valence-electron chi connectivity index (χ0n) is 10.7. The summed E-state index contributed by atoms with van der Waals surface area (Å²) in [6.07, 6.45) is 3.10. The van der Waals surface area contributed by atoms with Gasteiger partial charge in [0.1, 0.15) is 6.10 Å². The summed E-state index contributed by atoms with van der Waals surface area (Å²) in [7, 11) is 0. The van der Waals surface area contributed by atoms with Crippen molar-refractivity contribution in [3.63, 3.8) is 0 Å². The summed E-state index contributed by atoms with van der Waals surface area (Å²) in [6.45, 7) is 5.88. The van der Waals surface area contributed by atoms with Gasteiger partial charge >= 0.3 is 12.1 Å². The summed E-state index contributed by atoms with van der Waals surface area (Å²) in [5.74, 6) is -0.954. The number of carbonyl (C=O) groups excluding carboxylic acids is 1. The Bertz CT molecular complexity index is 286. The molecule has 0 radical (unpaired) electrons. The fraction of sp³-hybridized carbons (Fsp3) is 0.667. The lowest BCUT2D eigenvalue weighted by Gasteiger charge is -2.12. The highest BCUT2D eigenvalue weighted by atomic mass is 16.6. The van der Waals surface area contributed by atoms with Crippen LogP contribution in [-0.2, 0) is 9.53 Å². The van der Waals surface area contributed by atoms with E-state index in [1.807, 2.05) is 6.92 Å². The lowest BCUT2D eigenvalue weighted by molar-refractivity contribution is -0.132. The van der Waals surface area contributed by atoms with E-state index in [0.717, 1.165) is 12.8 Å². The first-order chi connectivity index (χ1) is 7.97. The van der Waals surface area contributed by atoms with Crippen LogP contribution < -0.4 is 5.32 Å². The zero-order chi connectivity index (χ0) is 13.3. The predicted molar refractivity (Wildman–Crippen MR) is 64.9 cm³/mol. The highest BCUT2D eigenvalue weighted by molar-refractivity contribution is 5.85. The summed E-state index contributed by atoms with van der Waals surface area (Å²) in [6, 6.07) is 0. The molecule has 0 aromatic heterocycles. The molecule has 0 fully saturated rings. The van der Waals surface area contributed by atoms with Crippen molar-refractivity contribution in [1.29, 1.82) is 0 Å². The van der Waals surface area contributed by atoms with Gasteiger partial charge in [-0.1, -0.05) is 19.4 Å². The average Bonchev–Trinajstić information content (AvgIpc) is 2.26. The van der Waals surface area contributed by atoms with Crippen molar-refractivity contribution in [3.8, 4) is 0 Å². The molecule has 1 amide bonds. The molecule has 0 aliphatic heterocycles. The summed E-state index contributed by atoms with van der Waals surface area (Å²) in [5, 5.41) is 11.3. The van der Waals surface area contributed by atoms with E-state index in [1.54, 1.807) is 13.0 Å². The second-order valence-electron chi connectivity index (χ2n) is 3.92. The number of rotatable bonds is 7. The minimum absolute atomic E-state index is 0.256. The number of amides is 1. The standard InChI is InChI=1S/C12H21NO4/c1-4-5-8-13-12(16)17-10(3)7-6-9(2)11(14)15/h6,10H,4-5,7-8H2,1-3H3,(H,13,16)(H,14,15). The van der Waals surface area contributed by atoms with Crippen LogP contribution in [0.3, 0.4) is 0 Å². The van der Waals surface area contributed by atoms with Crippen LogP contribution in [0, 0.1) is 0 Å². The first kappa shape index (κ1) is 15.5. The van der Waals surface area contributed by atoms with Crippen molar-refractivity contribution < 1.29 is 19.4 Å². The lowest BCUT2D eigenvalue weighted by atomic mass is 10.2. The highest BCUT2D eigenvalue weighted by Crippen LogP contribution is 2.03. The van der Waals surface area contributed by atoms with Gasteiger partial charge < -0.3 is 15.2 Å². The van der Waals surface area contributed by atoms with Crippen LogP contribution in [0.1, 0.15) is 40.0 Å². The Morgan fingerprint density at radius 3 is 2.65 bits per heavy atom. The minimum Gasteiger partial charge on any atom is -0.478 e. The van der Waals surface area contributed by atoms with E-state index in [1.165, 1.54) is 6.92 Å². The average molecular weight is 243 g/mol. The van der Waals surface area contributed by atoms with Gasteiger partial charge in [0.05, 0.1) is 0 Å². The number of unbranched alkanes of at least 4 members (excludes halogenated alkanes) is 1. The first-order valence-electron chi connectivity index (χ1n) is 5.81. The van der Waals surface area contributed by atoms with Crippen molar-refractivity contribution in [2.75, 3.05) is 6.54 Å². The quantitative estimate of drug-likeness (QED) is 0.531. The van der Waals surface area contributed by atoms with Crippen LogP contribution in [0.2, 0.25) is 0 Å². The Hall–Kier alpha value is -1.52. The Balaban J connectivity index is 3.85. The van der Waals surface area contributed by atoms with Crippen molar-refractivity contribution in [2.45, 2.75) is 46.1 Å². The van der Waals surface area contributed by atoms with E-state index in [0.29, 0.717) is 13.0 Å². The molecule has 5 heteroatoms. The molecule has 1 atom stereocenters. The van der Waals surface area contributed by atoms with Gasteiger partial charge in [-0.2, -0.15) is 0 Å². The first-order valence-corrected chi connectivity index (χ1v) is 5.81. The molecule has 17 heavy (non-hydrogen) atoms. The molecular weight excluding hydrogens is 222 g/mol. The Kier molecular flexibility index (Phi) is 7.84. The van der Waals surface area contributed by atoms with Gasteiger partial charge in [-0.25, -0.2) is 9.59 Å². The SMILES string of the molecule is CCCCNC(=O)OC(C)CC=C(C)C(=O)O. The van der Waals surface area contributed by atoms with Crippen LogP contribution in [-0.4, -0.2) is 29.8 Å². The fourth-order valence-corrected chi connectivity index (χ4v) is 1.07. The number of hydrogen-bond acceptors (Lipinski definition) is 3. The number of nitrogens with one attached hydrogen (secondary N) is 1. The molecule has 1 unspecified atom stereocenters. The summed E-state index contributed by atoms with van der Waals surface area (Å²) < 4.78 is 5.04. The Morgan fingerprint density at radius 1 is 1.47 bits per heavy atom. The summed E-state index contributed by atoms with van der Waals surface area (Å²) in [4.78, 5) is 21.8. The van der Waals surface area contributed by atoms with Gasteiger partial charge in [0.2, 0.25) is 0 Å². The van der Waals surface area contributed by atoms with Crippen molar-refractivity contribution in [1.82, 2.24) is 5.32 Å². The fourth-order valence-electron chi connectivity index (χ4n) is 1.07. The van der Waals surface area contributed by atoms with Crippen molar-refractivity contribution in [3.05, 3.63) is 11.6 Å². The highest BCUT2D eigenvalue weighted by Gasteiger charge is 2.08. The van der Waals surface area contributed by atoms with E-state index >= 15 is 0 Å². The maximum absolute atomic E-state index is 11.2. The van der Waals surface area contributed by atoms with Crippen LogP contribution >= 0.6 is 0 Å². The molecule has 0 aliphatic rings. The van der Waals surface area contributed by atoms with Gasteiger partial charge in [-0.3, -0.25) is 0 Å². The maximum Gasteiger partial charge on any atom is 0.407 e. The van der Waals surface area contributed by atoms with Crippen LogP contribution in [0.4, 0.5) is 4.79 Å². The molecular formula is C12H21NO4. The third kappa shape index (κ3) is 8.30. The molecule has 0 saturated heterocycles. The van der Waals surface area contributed by atoms with E-state index < -0.39 is 12.1 Å². The number of carbonyl (C=O) groups is 2. The second kappa shape index (κ2) is 8.61. The lowest BCUT2D eigenvalue weighted by Crippen LogP contribution is -2.28. The molecule has 5 nitrogen and oxygen atoms in total. The van der Waals surface area contributed by atoms with E-state index in [9.17, 15) is 9.59 Å². The van der Waals surface area contributed by atoms with E-state index in [2.05, 4.69) is 5.32 Å². The maximum atomic E-state index is 11.2. The summed E-state index contributed by atoms with van der Waals surface area (Å²) in [5.41, 5.74) is 0.256. The molecule has 0 aromatic carbocycles. The van der Waals surface area contributed by atoms with Crippen LogP contribution in [0.15, 0.2) is 11.6 Å². The van der Waals surface area contributed by atoms with Gasteiger partial charge in [0.15, 0.2) is 0 Å².